The van der Waals surface area contributed by atoms with Gasteiger partial charge in [-0.3, -0.25) is 0 Å². The molecule has 0 saturated carbocycles. The lowest BCUT2D eigenvalue weighted by atomic mass is 9.93. The van der Waals surface area contributed by atoms with Gasteiger partial charge >= 0.3 is 0 Å². The van der Waals surface area contributed by atoms with E-state index in [2.05, 4.69) is 38.3 Å². The minimum Gasteiger partial charge on any atom is -0.337 e. The molecule has 2 unspecified atom stereocenters. The number of hydrogen-bond donors (Lipinski definition) is 1. The largest absolute Gasteiger partial charge is 0.337 e. The first kappa shape index (κ1) is 14.0. The molecule has 4 nitrogen and oxygen atoms in total. The molecule has 1 aromatic carbocycles. The second-order valence-corrected chi connectivity index (χ2v) is 6.40. The van der Waals surface area contributed by atoms with Crippen LogP contribution in [0.3, 0.4) is 0 Å². The third-order valence-corrected chi connectivity index (χ3v) is 4.87. The van der Waals surface area contributed by atoms with Crippen molar-refractivity contribution >= 4 is 27.5 Å². The van der Waals surface area contributed by atoms with Gasteiger partial charge in [0, 0.05) is 10.0 Å². The fourth-order valence-electron chi connectivity index (χ4n) is 2.49. The van der Waals surface area contributed by atoms with Crippen molar-refractivity contribution in [2.24, 2.45) is 5.92 Å². The smallest absolute Gasteiger partial charge is 0.244 e. The average molecular weight is 357 g/mol. The molecule has 1 aliphatic rings. The number of nitrogens with zero attached hydrogens (tertiary/aromatic N) is 2. The van der Waals surface area contributed by atoms with Crippen LogP contribution in [0.2, 0.25) is 5.02 Å². The third kappa shape index (κ3) is 2.75. The van der Waals surface area contributed by atoms with Crippen LogP contribution in [0.1, 0.15) is 31.7 Å². The Labute approximate surface area is 131 Å². The zero-order valence-corrected chi connectivity index (χ0v) is 13.4. The van der Waals surface area contributed by atoms with E-state index in [0.29, 0.717) is 22.7 Å². The molecule has 106 valence electrons. The lowest BCUT2D eigenvalue weighted by molar-refractivity contribution is 0.239. The van der Waals surface area contributed by atoms with Gasteiger partial charge in [0.25, 0.3) is 0 Å². The van der Waals surface area contributed by atoms with Crippen LogP contribution < -0.4 is 5.32 Å². The Morgan fingerprint density at radius 1 is 1.45 bits per heavy atom. The summed E-state index contributed by atoms with van der Waals surface area (Å²) in [7, 11) is 0. The summed E-state index contributed by atoms with van der Waals surface area (Å²) in [5, 5.41) is 8.19. The number of hydrogen-bond acceptors (Lipinski definition) is 4. The van der Waals surface area contributed by atoms with E-state index in [0.717, 1.165) is 16.6 Å². The fourth-order valence-corrected chi connectivity index (χ4v) is 2.99. The van der Waals surface area contributed by atoms with E-state index in [1.54, 1.807) is 0 Å². The molecule has 1 saturated heterocycles. The predicted octanol–water partition coefficient (Wildman–Crippen LogP) is 4.21. The van der Waals surface area contributed by atoms with Crippen molar-refractivity contribution in [1.82, 2.24) is 15.5 Å². The quantitative estimate of drug-likeness (QED) is 0.875. The highest BCUT2D eigenvalue weighted by Gasteiger charge is 2.27. The highest BCUT2D eigenvalue weighted by atomic mass is 79.9. The summed E-state index contributed by atoms with van der Waals surface area (Å²) in [6, 6.07) is 5.76. The SMILES string of the molecule is CC1CCCNC1c1nc(-c2ccc(Cl)c(Br)c2)no1. The molecule has 0 aliphatic carbocycles. The minimum absolute atomic E-state index is 0.153. The second kappa shape index (κ2) is 5.84. The van der Waals surface area contributed by atoms with Gasteiger partial charge in [0.15, 0.2) is 0 Å². The maximum absolute atomic E-state index is 5.99. The van der Waals surface area contributed by atoms with Crippen LogP contribution in [0.25, 0.3) is 11.4 Å². The molecule has 0 spiro atoms. The first-order valence-corrected chi connectivity index (χ1v) is 7.84. The summed E-state index contributed by atoms with van der Waals surface area (Å²) >= 11 is 9.40. The average Bonchev–Trinajstić information content (AvgIpc) is 2.92. The highest BCUT2D eigenvalue weighted by Crippen LogP contribution is 2.31. The number of piperidine rings is 1. The van der Waals surface area contributed by atoms with Crippen molar-refractivity contribution in [1.29, 1.82) is 0 Å². The minimum atomic E-state index is 0.153. The molecule has 0 amide bonds. The highest BCUT2D eigenvalue weighted by molar-refractivity contribution is 9.10. The zero-order chi connectivity index (χ0) is 14.1. The molecular formula is C14H15BrClN3O. The molecule has 6 heteroatoms. The molecule has 2 heterocycles. The maximum Gasteiger partial charge on any atom is 0.244 e. The lowest BCUT2D eigenvalue weighted by Crippen LogP contribution is -2.33. The molecule has 2 atom stereocenters. The summed E-state index contributed by atoms with van der Waals surface area (Å²) in [5.41, 5.74) is 0.889. The number of nitrogens with one attached hydrogen (secondary N) is 1. The van der Waals surface area contributed by atoms with Crippen molar-refractivity contribution < 1.29 is 4.52 Å². The van der Waals surface area contributed by atoms with E-state index in [-0.39, 0.29) is 6.04 Å². The molecular weight excluding hydrogens is 342 g/mol. The van der Waals surface area contributed by atoms with Gasteiger partial charge in [-0.2, -0.15) is 4.98 Å². The molecule has 1 N–H and O–H groups in total. The van der Waals surface area contributed by atoms with Crippen LogP contribution in [0, 0.1) is 5.92 Å². The molecule has 0 radical (unpaired) electrons. The van der Waals surface area contributed by atoms with Crippen LogP contribution in [0.5, 0.6) is 0 Å². The van der Waals surface area contributed by atoms with Crippen LogP contribution in [-0.2, 0) is 0 Å². The van der Waals surface area contributed by atoms with E-state index < -0.39 is 0 Å². The van der Waals surface area contributed by atoms with Gasteiger partial charge in [-0.05, 0) is 59.4 Å². The van der Waals surface area contributed by atoms with Crippen molar-refractivity contribution in [3.63, 3.8) is 0 Å². The van der Waals surface area contributed by atoms with Gasteiger partial charge in [-0.1, -0.05) is 23.7 Å². The molecule has 0 bridgehead atoms. The number of benzene rings is 1. The summed E-state index contributed by atoms with van der Waals surface area (Å²) in [6.07, 6.45) is 2.38. The summed E-state index contributed by atoms with van der Waals surface area (Å²) < 4.78 is 6.25. The van der Waals surface area contributed by atoms with Crippen LogP contribution >= 0.6 is 27.5 Å². The molecule has 1 aliphatic heterocycles. The Morgan fingerprint density at radius 2 is 2.30 bits per heavy atom. The van der Waals surface area contributed by atoms with Crippen LogP contribution in [0.4, 0.5) is 0 Å². The number of rotatable bonds is 2. The van der Waals surface area contributed by atoms with Crippen LogP contribution in [0.15, 0.2) is 27.2 Å². The summed E-state index contributed by atoms with van der Waals surface area (Å²) in [6.45, 7) is 3.21. The van der Waals surface area contributed by atoms with Gasteiger partial charge in [-0.25, -0.2) is 0 Å². The zero-order valence-electron chi connectivity index (χ0n) is 11.1. The Balaban J connectivity index is 1.87. The molecule has 1 aromatic heterocycles. The molecule has 3 rings (SSSR count). The lowest BCUT2D eigenvalue weighted by Gasteiger charge is -2.26. The van der Waals surface area contributed by atoms with Crippen molar-refractivity contribution in [3.05, 3.63) is 33.6 Å². The number of halogens is 2. The van der Waals surface area contributed by atoms with Crippen molar-refractivity contribution in [2.45, 2.75) is 25.8 Å². The van der Waals surface area contributed by atoms with E-state index in [4.69, 9.17) is 16.1 Å². The third-order valence-electron chi connectivity index (χ3n) is 3.66. The van der Waals surface area contributed by atoms with E-state index in [1.165, 1.54) is 12.8 Å². The Bertz CT molecular complexity index is 616. The summed E-state index contributed by atoms with van der Waals surface area (Å²) in [5.74, 6) is 1.77. The fraction of sp³-hybridized carbons (Fsp3) is 0.429. The van der Waals surface area contributed by atoms with Gasteiger partial charge in [0.2, 0.25) is 11.7 Å². The Kier molecular flexibility index (Phi) is 4.10. The van der Waals surface area contributed by atoms with Gasteiger partial charge in [0.1, 0.15) is 0 Å². The van der Waals surface area contributed by atoms with Crippen molar-refractivity contribution in [3.8, 4) is 11.4 Å². The van der Waals surface area contributed by atoms with Gasteiger partial charge in [-0.15, -0.1) is 0 Å². The maximum atomic E-state index is 5.99. The molecule has 20 heavy (non-hydrogen) atoms. The van der Waals surface area contributed by atoms with Crippen molar-refractivity contribution in [2.75, 3.05) is 6.54 Å². The molecule has 2 aromatic rings. The first-order chi connectivity index (χ1) is 9.65. The molecule has 1 fully saturated rings. The monoisotopic (exact) mass is 355 g/mol. The Morgan fingerprint density at radius 3 is 3.05 bits per heavy atom. The van der Waals surface area contributed by atoms with Gasteiger partial charge < -0.3 is 9.84 Å². The summed E-state index contributed by atoms with van der Waals surface area (Å²) in [4.78, 5) is 4.52. The first-order valence-electron chi connectivity index (χ1n) is 6.67. The Hall–Kier alpha value is -0.910. The van der Waals surface area contributed by atoms with Gasteiger partial charge in [0.05, 0.1) is 11.1 Å². The topological polar surface area (TPSA) is 51.0 Å². The van der Waals surface area contributed by atoms with E-state index in [1.807, 2.05) is 18.2 Å². The normalized spacial score (nSPS) is 22.9. The van der Waals surface area contributed by atoms with E-state index >= 15 is 0 Å². The van der Waals surface area contributed by atoms with Crippen LogP contribution in [-0.4, -0.2) is 16.7 Å². The standard InChI is InChI=1S/C14H15BrClN3O/c1-8-3-2-6-17-12(8)14-18-13(19-20-14)9-4-5-11(16)10(15)7-9/h4-5,7-8,12,17H,2-3,6H2,1H3. The van der Waals surface area contributed by atoms with E-state index in [9.17, 15) is 0 Å². The number of aromatic nitrogens is 2. The second-order valence-electron chi connectivity index (χ2n) is 5.14. The predicted molar refractivity (Wildman–Crippen MR) is 81.6 cm³/mol.